The first-order valence-electron chi connectivity index (χ1n) is 7.63. The molecule has 0 atom stereocenters. The van der Waals surface area contributed by atoms with Crippen LogP contribution < -0.4 is 5.32 Å². The first-order chi connectivity index (χ1) is 11.1. The van der Waals surface area contributed by atoms with Crippen molar-refractivity contribution in [2.24, 2.45) is 0 Å². The van der Waals surface area contributed by atoms with E-state index in [2.05, 4.69) is 15.6 Å². The van der Waals surface area contributed by atoms with Gasteiger partial charge < -0.3 is 15.2 Å². The smallest absolute Gasteiger partial charge is 0.273 e. The summed E-state index contributed by atoms with van der Waals surface area (Å²) in [4.78, 5) is 12.2. The van der Waals surface area contributed by atoms with Gasteiger partial charge in [0.05, 0.1) is 17.5 Å². The number of carbonyl (C=O) groups excluding carboxylic acids is 1. The SMILES string of the molecule is Cc1cccc(-n2cc(C(=O)NCC3(O)CCOCC3)nn2)c1. The van der Waals surface area contributed by atoms with E-state index in [1.165, 1.54) is 0 Å². The van der Waals surface area contributed by atoms with Gasteiger partial charge in [-0.2, -0.15) is 0 Å². The molecule has 1 saturated heterocycles. The fraction of sp³-hybridized carbons (Fsp3) is 0.438. The van der Waals surface area contributed by atoms with Crippen molar-refractivity contribution >= 4 is 5.91 Å². The molecule has 1 amide bonds. The minimum Gasteiger partial charge on any atom is -0.388 e. The molecule has 23 heavy (non-hydrogen) atoms. The predicted molar refractivity (Wildman–Crippen MR) is 83.4 cm³/mol. The molecule has 1 fully saturated rings. The second-order valence-corrected chi connectivity index (χ2v) is 5.91. The van der Waals surface area contributed by atoms with Crippen LogP contribution in [0.4, 0.5) is 0 Å². The topological polar surface area (TPSA) is 89.3 Å². The molecule has 1 aliphatic heterocycles. The molecule has 7 nitrogen and oxygen atoms in total. The Kier molecular flexibility index (Phi) is 4.40. The number of carbonyl (C=O) groups is 1. The number of nitrogens with zero attached hydrogens (tertiary/aromatic N) is 3. The minimum atomic E-state index is -0.902. The van der Waals surface area contributed by atoms with Crippen LogP contribution in [-0.4, -0.2) is 51.4 Å². The molecule has 0 spiro atoms. The van der Waals surface area contributed by atoms with Gasteiger partial charge in [0.1, 0.15) is 0 Å². The molecule has 0 unspecified atom stereocenters. The molecule has 0 bridgehead atoms. The van der Waals surface area contributed by atoms with Gasteiger partial charge in [0.2, 0.25) is 0 Å². The van der Waals surface area contributed by atoms with Crippen molar-refractivity contribution in [2.75, 3.05) is 19.8 Å². The number of aryl methyl sites for hydroxylation is 1. The Labute approximate surface area is 134 Å². The van der Waals surface area contributed by atoms with Crippen LogP contribution in [-0.2, 0) is 4.74 Å². The average Bonchev–Trinajstić information content (AvgIpc) is 3.03. The van der Waals surface area contributed by atoms with Crippen LogP contribution >= 0.6 is 0 Å². The predicted octanol–water partition coefficient (Wildman–Crippen LogP) is 0.847. The van der Waals surface area contributed by atoms with E-state index in [-0.39, 0.29) is 18.1 Å². The van der Waals surface area contributed by atoms with E-state index in [0.29, 0.717) is 26.1 Å². The van der Waals surface area contributed by atoms with Crippen LogP contribution in [0.5, 0.6) is 0 Å². The summed E-state index contributed by atoms with van der Waals surface area (Å²) >= 11 is 0. The minimum absolute atomic E-state index is 0.187. The third kappa shape index (κ3) is 3.75. The summed E-state index contributed by atoms with van der Waals surface area (Å²) in [5.74, 6) is -0.344. The van der Waals surface area contributed by atoms with E-state index in [1.54, 1.807) is 10.9 Å². The average molecular weight is 316 g/mol. The van der Waals surface area contributed by atoms with Crippen molar-refractivity contribution in [1.29, 1.82) is 0 Å². The molecule has 0 radical (unpaired) electrons. The molecule has 1 aliphatic rings. The van der Waals surface area contributed by atoms with Crippen molar-refractivity contribution in [2.45, 2.75) is 25.4 Å². The van der Waals surface area contributed by atoms with E-state index >= 15 is 0 Å². The third-order valence-corrected chi connectivity index (χ3v) is 3.99. The van der Waals surface area contributed by atoms with Gasteiger partial charge in [-0.3, -0.25) is 4.79 Å². The molecule has 1 aromatic carbocycles. The Hall–Kier alpha value is -2.25. The maximum absolute atomic E-state index is 12.2. The Balaban J connectivity index is 1.64. The maximum Gasteiger partial charge on any atom is 0.273 e. The zero-order chi connectivity index (χ0) is 16.3. The number of ether oxygens (including phenoxy) is 1. The molecule has 3 rings (SSSR count). The summed E-state index contributed by atoms with van der Waals surface area (Å²) in [6.07, 6.45) is 2.62. The summed E-state index contributed by atoms with van der Waals surface area (Å²) < 4.78 is 6.78. The number of rotatable bonds is 4. The summed E-state index contributed by atoms with van der Waals surface area (Å²) in [6, 6.07) is 7.77. The van der Waals surface area contributed by atoms with E-state index in [4.69, 9.17) is 4.74 Å². The molecule has 2 N–H and O–H groups in total. The van der Waals surface area contributed by atoms with Crippen molar-refractivity contribution in [3.8, 4) is 5.69 Å². The van der Waals surface area contributed by atoms with Crippen molar-refractivity contribution in [3.05, 3.63) is 41.7 Å². The fourth-order valence-electron chi connectivity index (χ4n) is 2.53. The van der Waals surface area contributed by atoms with Gasteiger partial charge in [-0.05, 0) is 24.6 Å². The highest BCUT2D eigenvalue weighted by Gasteiger charge is 2.30. The van der Waals surface area contributed by atoms with Crippen LogP contribution in [0.15, 0.2) is 30.5 Å². The van der Waals surface area contributed by atoms with Crippen molar-refractivity contribution < 1.29 is 14.6 Å². The standard InChI is InChI=1S/C16H20N4O3/c1-12-3-2-4-13(9-12)20-10-14(18-19-20)15(21)17-11-16(22)5-7-23-8-6-16/h2-4,9-10,22H,5-8,11H2,1H3,(H,17,21). The number of hydrogen-bond acceptors (Lipinski definition) is 5. The lowest BCUT2D eigenvalue weighted by atomic mass is 9.94. The lowest BCUT2D eigenvalue weighted by Crippen LogP contribution is -2.46. The number of hydrogen-bond donors (Lipinski definition) is 2. The first-order valence-corrected chi connectivity index (χ1v) is 7.63. The third-order valence-electron chi connectivity index (χ3n) is 3.99. The molecular weight excluding hydrogens is 296 g/mol. The van der Waals surface area contributed by atoms with Crippen LogP contribution in [0.25, 0.3) is 5.69 Å². The van der Waals surface area contributed by atoms with Gasteiger partial charge in [0.25, 0.3) is 5.91 Å². The van der Waals surface area contributed by atoms with Crippen LogP contribution in [0.2, 0.25) is 0 Å². The van der Waals surface area contributed by atoms with Gasteiger partial charge in [-0.25, -0.2) is 4.68 Å². The first kappa shape index (κ1) is 15.6. The normalized spacial score (nSPS) is 17.0. The molecule has 0 aliphatic carbocycles. The van der Waals surface area contributed by atoms with E-state index in [1.807, 2.05) is 31.2 Å². The Morgan fingerprint density at radius 3 is 2.96 bits per heavy atom. The number of nitrogens with one attached hydrogen (secondary N) is 1. The van der Waals surface area contributed by atoms with Gasteiger partial charge in [0.15, 0.2) is 5.69 Å². The van der Waals surface area contributed by atoms with Gasteiger partial charge in [0, 0.05) is 32.6 Å². The molecule has 122 valence electrons. The number of aromatic nitrogens is 3. The number of amides is 1. The van der Waals surface area contributed by atoms with E-state index in [9.17, 15) is 9.90 Å². The van der Waals surface area contributed by atoms with Crippen LogP contribution in [0, 0.1) is 6.92 Å². The second kappa shape index (κ2) is 6.47. The lowest BCUT2D eigenvalue weighted by molar-refractivity contribution is -0.0605. The lowest BCUT2D eigenvalue weighted by Gasteiger charge is -2.31. The Bertz CT molecular complexity index is 692. The summed E-state index contributed by atoms with van der Waals surface area (Å²) in [5.41, 5.74) is 1.27. The largest absolute Gasteiger partial charge is 0.388 e. The van der Waals surface area contributed by atoms with Crippen molar-refractivity contribution in [3.63, 3.8) is 0 Å². The summed E-state index contributed by atoms with van der Waals surface area (Å²) in [7, 11) is 0. The molecule has 2 aromatic rings. The second-order valence-electron chi connectivity index (χ2n) is 5.91. The Morgan fingerprint density at radius 2 is 2.22 bits per heavy atom. The van der Waals surface area contributed by atoms with Crippen LogP contribution in [0.1, 0.15) is 28.9 Å². The molecule has 1 aromatic heterocycles. The van der Waals surface area contributed by atoms with Crippen molar-refractivity contribution in [1.82, 2.24) is 20.3 Å². The van der Waals surface area contributed by atoms with E-state index in [0.717, 1.165) is 11.3 Å². The zero-order valence-corrected chi connectivity index (χ0v) is 13.0. The monoisotopic (exact) mass is 316 g/mol. The molecule has 2 heterocycles. The Morgan fingerprint density at radius 1 is 1.43 bits per heavy atom. The maximum atomic E-state index is 12.2. The number of benzene rings is 1. The zero-order valence-electron chi connectivity index (χ0n) is 13.0. The van der Waals surface area contributed by atoms with Gasteiger partial charge in [-0.1, -0.05) is 17.3 Å². The summed E-state index contributed by atoms with van der Waals surface area (Å²) in [5, 5.41) is 21.0. The van der Waals surface area contributed by atoms with Gasteiger partial charge in [-0.15, -0.1) is 5.10 Å². The number of aliphatic hydroxyl groups is 1. The molecule has 0 saturated carbocycles. The summed E-state index contributed by atoms with van der Waals surface area (Å²) in [6.45, 7) is 3.20. The van der Waals surface area contributed by atoms with Crippen LogP contribution in [0.3, 0.4) is 0 Å². The quantitative estimate of drug-likeness (QED) is 0.873. The highest BCUT2D eigenvalue weighted by molar-refractivity contribution is 5.91. The highest BCUT2D eigenvalue weighted by Crippen LogP contribution is 2.19. The highest BCUT2D eigenvalue weighted by atomic mass is 16.5. The molecular formula is C16H20N4O3. The fourth-order valence-corrected chi connectivity index (χ4v) is 2.53. The van der Waals surface area contributed by atoms with Gasteiger partial charge >= 0.3 is 0 Å². The molecule has 7 heteroatoms. The van der Waals surface area contributed by atoms with E-state index < -0.39 is 5.60 Å².